The molecule has 0 aliphatic heterocycles. The Kier molecular flexibility index (Phi) is 20.7. The van der Waals surface area contributed by atoms with E-state index in [-0.39, 0.29) is 36.5 Å². The average molecular weight is 1410 g/mol. The topological polar surface area (TPSA) is 343 Å². The summed E-state index contributed by atoms with van der Waals surface area (Å²) in [4.78, 5) is 74.6. The number of carbonyl (C=O) groups excluding carboxylic acids is 5. The lowest BCUT2D eigenvalue weighted by molar-refractivity contribution is -0.136. The molecule has 13 aromatic rings. The first-order valence-corrected chi connectivity index (χ1v) is 35.7. The first-order valence-electron chi connectivity index (χ1n) is 34.8. The van der Waals surface area contributed by atoms with Gasteiger partial charge in [0.05, 0.1) is 55.2 Å². The summed E-state index contributed by atoms with van der Waals surface area (Å²) in [6, 6.07) is 49.0. The number of rotatable bonds is 23. The zero-order valence-electron chi connectivity index (χ0n) is 57.3. The molecule has 0 spiro atoms. The molecule has 4 amide bonds. The lowest BCUT2D eigenvalue weighted by Gasteiger charge is -2.06. The number of anilines is 4. The molecule has 8 aromatic heterocycles. The minimum atomic E-state index is -0.854. The smallest absolute Gasteiger partial charge is 0.307 e. The highest BCUT2D eigenvalue weighted by Crippen LogP contribution is 2.42. The number of carboxylic acid groups (broad SMARTS) is 1. The van der Waals surface area contributed by atoms with Crippen LogP contribution in [0.3, 0.4) is 0 Å². The third-order valence-corrected chi connectivity index (χ3v) is 19.4. The van der Waals surface area contributed by atoms with Crippen molar-refractivity contribution in [3.8, 4) is 44.5 Å². The lowest BCUT2D eigenvalue weighted by Crippen LogP contribution is -2.14. The summed E-state index contributed by atoms with van der Waals surface area (Å²) < 4.78 is 5.08. The van der Waals surface area contributed by atoms with Crippen molar-refractivity contribution in [1.29, 1.82) is 0 Å². The molecule has 23 nitrogen and oxygen atoms in total. The van der Waals surface area contributed by atoms with Crippen LogP contribution in [0.1, 0.15) is 147 Å². The molecule has 0 radical (unpaired) electrons. The van der Waals surface area contributed by atoms with Gasteiger partial charge in [-0.1, -0.05) is 103 Å². The highest BCUT2D eigenvalue weighted by atomic mass is 32.1. The minimum absolute atomic E-state index is 0.0182. The summed E-state index contributed by atoms with van der Waals surface area (Å²) in [6.45, 7) is 4.00. The van der Waals surface area contributed by atoms with E-state index in [4.69, 9.17) is 9.52 Å². The van der Waals surface area contributed by atoms with E-state index < -0.39 is 5.97 Å². The second-order valence-corrected chi connectivity index (χ2v) is 27.9. The van der Waals surface area contributed by atoms with Crippen LogP contribution in [0.15, 0.2) is 180 Å². The second kappa shape index (κ2) is 31.3. The van der Waals surface area contributed by atoms with Gasteiger partial charge in [0.1, 0.15) is 0 Å². The Labute approximate surface area is 601 Å². The third-order valence-electron chi connectivity index (χ3n) is 18.6. The number of nitrogens with one attached hydrogen (secondary N) is 10. The van der Waals surface area contributed by atoms with E-state index in [9.17, 15) is 28.8 Å². The maximum Gasteiger partial charge on any atom is 0.307 e. The van der Waals surface area contributed by atoms with E-state index in [1.54, 1.807) is 18.7 Å². The largest absolute Gasteiger partial charge is 0.481 e. The molecule has 104 heavy (non-hydrogen) atoms. The highest BCUT2D eigenvalue weighted by molar-refractivity contribution is 7.12. The van der Waals surface area contributed by atoms with Gasteiger partial charge >= 0.3 is 5.97 Å². The molecule has 0 unspecified atom stereocenters. The van der Waals surface area contributed by atoms with Gasteiger partial charge in [0, 0.05) is 105 Å². The average Bonchev–Trinajstić information content (AvgIpc) is 1.66. The zero-order chi connectivity index (χ0) is 71.6. The molecule has 4 saturated carbocycles. The van der Waals surface area contributed by atoms with Crippen molar-refractivity contribution in [3.05, 3.63) is 243 Å². The van der Waals surface area contributed by atoms with E-state index in [2.05, 4.69) is 77.2 Å². The third kappa shape index (κ3) is 18.2. The second-order valence-electron chi connectivity index (χ2n) is 26.9. The van der Waals surface area contributed by atoms with Crippen molar-refractivity contribution in [2.45, 2.75) is 121 Å². The summed E-state index contributed by atoms with van der Waals surface area (Å²) in [6.07, 6.45) is 16.7. The number of aliphatic carboxylic acids is 1. The van der Waals surface area contributed by atoms with Crippen molar-refractivity contribution in [3.63, 3.8) is 0 Å². The molecular weight excluding hydrogens is 1330 g/mol. The summed E-state index contributed by atoms with van der Waals surface area (Å²) in [7, 11) is 0. The number of thiophene rings is 1. The van der Waals surface area contributed by atoms with Crippen LogP contribution in [0, 0.1) is 13.8 Å². The van der Waals surface area contributed by atoms with Crippen molar-refractivity contribution < 1.29 is 38.3 Å². The van der Waals surface area contributed by atoms with Crippen LogP contribution in [-0.2, 0) is 56.1 Å². The van der Waals surface area contributed by atoms with E-state index >= 15 is 0 Å². The van der Waals surface area contributed by atoms with E-state index in [0.29, 0.717) is 71.1 Å². The lowest BCUT2D eigenvalue weighted by atomic mass is 10.00. The molecule has 0 bridgehead atoms. The number of carboxylic acids is 1. The number of benzene rings is 5. The number of hydrogen-bond acceptors (Lipinski definition) is 13. The molecule has 24 heteroatoms. The molecule has 4 aliphatic carbocycles. The predicted octanol–water partition coefficient (Wildman–Crippen LogP) is 15.5. The Morgan fingerprint density at radius 3 is 1.21 bits per heavy atom. The maximum absolute atomic E-state index is 12.4. The fraction of sp³-hybridized carbons (Fsp3) is 0.237. The zero-order valence-corrected chi connectivity index (χ0v) is 58.1. The van der Waals surface area contributed by atoms with Crippen LogP contribution in [0.2, 0.25) is 0 Å². The molecule has 4 aliphatic rings. The van der Waals surface area contributed by atoms with Crippen molar-refractivity contribution in [1.82, 2.24) is 56.0 Å². The number of hydrogen-bond donors (Lipinski definition) is 11. The monoisotopic (exact) mass is 1410 g/mol. The number of fused-ring (bicyclic) bond motifs is 1. The van der Waals surface area contributed by atoms with Gasteiger partial charge < -0.3 is 35.8 Å². The van der Waals surface area contributed by atoms with Gasteiger partial charge in [0.15, 0.2) is 29.6 Å². The van der Waals surface area contributed by atoms with Crippen LogP contribution in [0.4, 0.5) is 23.3 Å². The van der Waals surface area contributed by atoms with Crippen LogP contribution < -0.4 is 21.3 Å². The van der Waals surface area contributed by atoms with Crippen molar-refractivity contribution in [2.24, 2.45) is 0 Å². The molecule has 5 aromatic carbocycles. The Bertz CT molecular complexity index is 5140. The predicted molar refractivity (Wildman–Crippen MR) is 399 cm³/mol. The maximum atomic E-state index is 12.4. The molecule has 0 saturated heterocycles. The standard InChI is InChI=1S/C24H22N4O3.C19H21N5O.C19H17N3O2S.C18H17N3O2/c29-23(26-22-12-21(27-28-22)16-5-6-16)9-14-1-3-15(4-2-14)17-7-8-20-19(10-17)18(13-25-20)11-24(30)31;1-11-19(12(2)22-21-11)15-5-3-13(4-6-15)9-18(25)20-17-10-16(23-24-17)14-7-8-14;23-10-16-8-15(11-25-16)13-3-1-12(2-4-13)7-19(24)20-18-9-17(21-22-18)14-5-6-14;22-18(19-17-10-16(20-21-17)14-5-6-14)9-12-1-3-13(4-2-12)15-7-8-23-11-15/h1-4,7-8,10,12-13,16,25H,5-6,9,11H2,(H,30,31)(H2,26,27,28,29);3-6,10,14H,7-9H2,1-2H3,(H,21,22)(H2,20,23,24,25);1-4,8-11,14H,5-7H2,(H2,20,21,22,24);1-4,7-8,10-11,14H,5-6,9H2,(H2,19,20,21,22). The number of furan rings is 1. The van der Waals surface area contributed by atoms with Gasteiger partial charge in [-0.05, 0) is 156 Å². The fourth-order valence-electron chi connectivity index (χ4n) is 12.4. The Hall–Kier alpha value is -12.3. The molecule has 0 atom stereocenters. The number of amides is 4. The van der Waals surface area contributed by atoms with Gasteiger partial charge in [-0.3, -0.25) is 54.3 Å². The van der Waals surface area contributed by atoms with Crippen LogP contribution in [0.25, 0.3) is 55.4 Å². The normalized spacial score (nSPS) is 13.7. The Morgan fingerprint density at radius 2 is 0.856 bits per heavy atom. The molecule has 11 N–H and O–H groups in total. The van der Waals surface area contributed by atoms with Crippen molar-refractivity contribution in [2.75, 3.05) is 21.3 Å². The fourth-order valence-corrected chi connectivity index (χ4v) is 13.1. The quantitative estimate of drug-likeness (QED) is 0.0266. The molecule has 8 heterocycles. The van der Waals surface area contributed by atoms with E-state index in [1.807, 2.05) is 171 Å². The SMILES string of the molecule is Cc1n[nH]c(C)c1-c1ccc(CC(=O)Nc2cc(C3CC3)[nH]n2)cc1.O=C(Cc1ccc(-c2ccoc2)cc1)Nc1cc(C2CC2)[nH]n1.O=C(O)Cc1c[nH]c2ccc(-c3ccc(CC(=O)Nc4cc(C5CC5)[nH]n4)cc3)cc12.O=Cc1cc(-c2ccc(CC(=O)Nc3cc(C4CC4)[nH]n3)cc2)cs1. The molecule has 526 valence electrons. The summed E-state index contributed by atoms with van der Waals surface area (Å²) >= 11 is 1.43. The van der Waals surface area contributed by atoms with Crippen LogP contribution >= 0.6 is 11.3 Å². The van der Waals surface area contributed by atoms with Crippen LogP contribution in [-0.4, -0.2) is 97.0 Å². The number of carbonyl (C=O) groups is 6. The summed E-state index contributed by atoms with van der Waals surface area (Å²) in [5, 5.41) is 59.1. The number of aromatic nitrogens is 11. The Morgan fingerprint density at radius 1 is 0.462 bits per heavy atom. The first-order chi connectivity index (χ1) is 50.6. The van der Waals surface area contributed by atoms with Gasteiger partial charge in [-0.2, -0.15) is 25.5 Å². The first kappa shape index (κ1) is 68.8. The van der Waals surface area contributed by atoms with E-state index in [1.165, 1.54) is 62.7 Å². The highest BCUT2D eigenvalue weighted by Gasteiger charge is 2.29. The van der Waals surface area contributed by atoms with Gasteiger partial charge in [-0.15, -0.1) is 11.3 Å². The Balaban J connectivity index is 0.000000118. The van der Waals surface area contributed by atoms with E-state index in [0.717, 1.165) is 124 Å². The van der Waals surface area contributed by atoms with Gasteiger partial charge in [0.2, 0.25) is 23.6 Å². The molecule has 4 fully saturated rings. The van der Waals surface area contributed by atoms with Crippen LogP contribution in [0.5, 0.6) is 0 Å². The summed E-state index contributed by atoms with van der Waals surface area (Å²) in [5.41, 5.74) is 20.3. The molecule has 17 rings (SSSR count). The number of aromatic amines is 6. The van der Waals surface area contributed by atoms with Crippen molar-refractivity contribution >= 4 is 81.4 Å². The van der Waals surface area contributed by atoms with Gasteiger partial charge in [0.25, 0.3) is 0 Å². The number of H-pyrrole nitrogens is 6. The number of aryl methyl sites for hydroxylation is 2. The molecular formula is C80H77N15O8S. The summed E-state index contributed by atoms with van der Waals surface area (Å²) in [5.74, 6) is 3.56. The minimum Gasteiger partial charge on any atom is -0.481 e. The number of aldehydes is 1. The van der Waals surface area contributed by atoms with Gasteiger partial charge in [-0.25, -0.2) is 0 Å². The number of nitrogens with zero attached hydrogens (tertiary/aromatic N) is 5.